The van der Waals surface area contributed by atoms with Crippen molar-refractivity contribution in [2.45, 2.75) is 6.23 Å². The fourth-order valence-corrected chi connectivity index (χ4v) is 1.43. The van der Waals surface area contributed by atoms with Gasteiger partial charge in [0.1, 0.15) is 17.7 Å². The minimum absolute atomic E-state index is 0.0603. The molecule has 2 rings (SSSR count). The summed E-state index contributed by atoms with van der Waals surface area (Å²) in [6.07, 6.45) is 0.498. The van der Waals surface area contributed by atoms with Crippen LogP contribution in [-0.4, -0.2) is 23.6 Å². The van der Waals surface area contributed by atoms with Crippen molar-refractivity contribution in [3.05, 3.63) is 29.8 Å². The molecule has 0 saturated heterocycles. The van der Waals surface area contributed by atoms with Gasteiger partial charge in [0, 0.05) is 17.3 Å². The highest BCUT2D eigenvalue weighted by Gasteiger charge is 2.16. The highest BCUT2D eigenvalue weighted by Crippen LogP contribution is 2.30. The minimum atomic E-state index is -0.837. The molecule has 1 aromatic rings. The van der Waals surface area contributed by atoms with Gasteiger partial charge in [0.2, 0.25) is 0 Å². The molecule has 0 bridgehead atoms. The molecule has 1 aliphatic heterocycles. The Hall–Kier alpha value is -1.68. The Balaban J connectivity index is 2.48. The number of nitrogens with one attached hydrogen (secondary N) is 1. The highest BCUT2D eigenvalue weighted by atomic mass is 16.5. The Labute approximate surface area is 81.4 Å². The first-order chi connectivity index (χ1) is 6.70. The lowest BCUT2D eigenvalue weighted by Gasteiger charge is -2.20. The van der Waals surface area contributed by atoms with Crippen LogP contribution in [0.15, 0.2) is 24.3 Å². The van der Waals surface area contributed by atoms with Gasteiger partial charge in [0.05, 0.1) is 7.11 Å². The van der Waals surface area contributed by atoms with E-state index in [0.717, 1.165) is 0 Å². The van der Waals surface area contributed by atoms with Crippen molar-refractivity contribution in [3.8, 4) is 5.75 Å². The fourth-order valence-electron chi connectivity index (χ4n) is 1.43. The third-order valence-electron chi connectivity index (χ3n) is 2.12. The largest absolute Gasteiger partial charge is 0.507 e. The Morgan fingerprint density at radius 2 is 2.21 bits per heavy atom. The molecule has 0 saturated carbocycles. The molecule has 3 N–H and O–H groups in total. The van der Waals surface area contributed by atoms with Crippen LogP contribution in [0.25, 0.3) is 5.76 Å². The van der Waals surface area contributed by atoms with Crippen LogP contribution in [0.4, 0.5) is 5.69 Å². The second kappa shape index (κ2) is 3.23. The summed E-state index contributed by atoms with van der Waals surface area (Å²) >= 11 is 0. The maximum Gasteiger partial charge on any atom is 0.147 e. The molecule has 0 aromatic heterocycles. The van der Waals surface area contributed by atoms with E-state index in [9.17, 15) is 10.2 Å². The molecule has 1 heterocycles. The lowest BCUT2D eigenvalue weighted by atomic mass is 10.1. The summed E-state index contributed by atoms with van der Waals surface area (Å²) in [5, 5.41) is 21.6. The number of anilines is 1. The van der Waals surface area contributed by atoms with E-state index in [0.29, 0.717) is 17.0 Å². The van der Waals surface area contributed by atoms with Gasteiger partial charge in [-0.2, -0.15) is 0 Å². The summed E-state index contributed by atoms with van der Waals surface area (Å²) in [5.74, 6) is 0.729. The van der Waals surface area contributed by atoms with Gasteiger partial charge in [-0.1, -0.05) is 0 Å². The molecule has 4 heteroatoms. The van der Waals surface area contributed by atoms with E-state index in [1.165, 1.54) is 6.08 Å². The maximum atomic E-state index is 9.56. The summed E-state index contributed by atoms with van der Waals surface area (Å²) in [5.41, 5.74) is 1.33. The number of benzene rings is 1. The second-order valence-corrected chi connectivity index (χ2v) is 3.05. The van der Waals surface area contributed by atoms with Crippen molar-refractivity contribution in [1.82, 2.24) is 0 Å². The lowest BCUT2D eigenvalue weighted by molar-refractivity contribution is 0.248. The second-order valence-electron chi connectivity index (χ2n) is 3.05. The van der Waals surface area contributed by atoms with E-state index in [1.54, 1.807) is 25.3 Å². The van der Waals surface area contributed by atoms with Gasteiger partial charge in [-0.05, 0) is 18.2 Å². The number of aliphatic hydroxyl groups is 2. The summed E-state index contributed by atoms with van der Waals surface area (Å²) in [6.45, 7) is 0. The van der Waals surface area contributed by atoms with Crippen LogP contribution >= 0.6 is 0 Å². The SMILES string of the molecule is COc1ccc2c(c1)C(O)=CC(O)N2. The first-order valence-corrected chi connectivity index (χ1v) is 4.24. The lowest BCUT2D eigenvalue weighted by Crippen LogP contribution is -2.20. The van der Waals surface area contributed by atoms with Crippen LogP contribution in [0.3, 0.4) is 0 Å². The van der Waals surface area contributed by atoms with Crippen molar-refractivity contribution in [1.29, 1.82) is 0 Å². The van der Waals surface area contributed by atoms with Crippen LogP contribution in [0.1, 0.15) is 5.56 Å². The van der Waals surface area contributed by atoms with Gasteiger partial charge in [-0.3, -0.25) is 0 Å². The smallest absolute Gasteiger partial charge is 0.147 e. The molecule has 0 aliphatic carbocycles. The zero-order valence-corrected chi connectivity index (χ0v) is 7.69. The van der Waals surface area contributed by atoms with E-state index < -0.39 is 6.23 Å². The van der Waals surface area contributed by atoms with Gasteiger partial charge < -0.3 is 20.3 Å². The zero-order valence-electron chi connectivity index (χ0n) is 7.69. The Kier molecular flexibility index (Phi) is 2.05. The molecular formula is C10H11NO3. The zero-order chi connectivity index (χ0) is 10.1. The number of methoxy groups -OCH3 is 1. The number of hydrogen-bond acceptors (Lipinski definition) is 4. The van der Waals surface area contributed by atoms with Crippen molar-refractivity contribution in [2.75, 3.05) is 12.4 Å². The molecule has 0 amide bonds. The first kappa shape index (κ1) is 8.90. The number of ether oxygens (including phenoxy) is 1. The van der Waals surface area contributed by atoms with Crippen molar-refractivity contribution >= 4 is 11.4 Å². The third kappa shape index (κ3) is 1.40. The van der Waals surface area contributed by atoms with Crippen LogP contribution in [0.2, 0.25) is 0 Å². The predicted molar refractivity (Wildman–Crippen MR) is 53.2 cm³/mol. The number of hydrogen-bond donors (Lipinski definition) is 3. The van der Waals surface area contributed by atoms with Crippen LogP contribution in [0, 0.1) is 0 Å². The topological polar surface area (TPSA) is 61.7 Å². The van der Waals surface area contributed by atoms with E-state index >= 15 is 0 Å². The molecule has 4 nitrogen and oxygen atoms in total. The quantitative estimate of drug-likeness (QED) is 0.629. The van der Waals surface area contributed by atoms with Gasteiger partial charge in [-0.15, -0.1) is 0 Å². The van der Waals surface area contributed by atoms with E-state index in [4.69, 9.17) is 4.74 Å². The molecule has 0 spiro atoms. The molecular weight excluding hydrogens is 182 g/mol. The van der Waals surface area contributed by atoms with Gasteiger partial charge >= 0.3 is 0 Å². The summed E-state index contributed by atoms with van der Waals surface area (Å²) in [4.78, 5) is 0. The summed E-state index contributed by atoms with van der Waals surface area (Å²) in [6, 6.07) is 5.22. The number of fused-ring (bicyclic) bond motifs is 1. The molecule has 1 aromatic carbocycles. The van der Waals surface area contributed by atoms with Crippen molar-refractivity contribution < 1.29 is 14.9 Å². The summed E-state index contributed by atoms with van der Waals surface area (Å²) < 4.78 is 5.03. The van der Waals surface area contributed by atoms with Crippen LogP contribution in [-0.2, 0) is 0 Å². The minimum Gasteiger partial charge on any atom is -0.507 e. The molecule has 1 aliphatic rings. The Morgan fingerprint density at radius 3 is 2.93 bits per heavy atom. The molecule has 0 radical (unpaired) electrons. The first-order valence-electron chi connectivity index (χ1n) is 4.24. The van der Waals surface area contributed by atoms with E-state index in [-0.39, 0.29) is 5.76 Å². The normalized spacial score (nSPS) is 19.3. The molecule has 74 valence electrons. The molecule has 14 heavy (non-hydrogen) atoms. The Morgan fingerprint density at radius 1 is 1.43 bits per heavy atom. The van der Waals surface area contributed by atoms with E-state index in [2.05, 4.69) is 5.32 Å². The van der Waals surface area contributed by atoms with Gasteiger partial charge in [0.25, 0.3) is 0 Å². The van der Waals surface area contributed by atoms with Gasteiger partial charge in [-0.25, -0.2) is 0 Å². The van der Waals surface area contributed by atoms with Crippen molar-refractivity contribution in [3.63, 3.8) is 0 Å². The monoisotopic (exact) mass is 193 g/mol. The predicted octanol–water partition coefficient (Wildman–Crippen LogP) is 1.34. The van der Waals surface area contributed by atoms with Crippen LogP contribution < -0.4 is 10.1 Å². The van der Waals surface area contributed by atoms with E-state index in [1.807, 2.05) is 0 Å². The molecule has 1 atom stereocenters. The fraction of sp³-hybridized carbons (Fsp3) is 0.200. The maximum absolute atomic E-state index is 9.56. The number of rotatable bonds is 1. The summed E-state index contributed by atoms with van der Waals surface area (Å²) in [7, 11) is 1.56. The van der Waals surface area contributed by atoms with Gasteiger partial charge in [0.15, 0.2) is 0 Å². The highest BCUT2D eigenvalue weighted by molar-refractivity contribution is 5.76. The number of aliphatic hydroxyl groups excluding tert-OH is 2. The average molecular weight is 193 g/mol. The van der Waals surface area contributed by atoms with Crippen LogP contribution in [0.5, 0.6) is 5.75 Å². The standard InChI is InChI=1S/C10H11NO3/c1-14-6-2-3-8-7(4-6)9(12)5-10(13)11-8/h2-5,10-13H,1H3. The molecule has 1 unspecified atom stereocenters. The Bertz CT molecular complexity index is 387. The average Bonchev–Trinajstić information content (AvgIpc) is 2.17. The van der Waals surface area contributed by atoms with Crippen molar-refractivity contribution in [2.24, 2.45) is 0 Å². The molecule has 0 fully saturated rings. The third-order valence-corrected chi connectivity index (χ3v) is 2.12.